The molecule has 8 heteroatoms. The quantitative estimate of drug-likeness (QED) is 0.825. The zero-order chi connectivity index (χ0) is 17.9. The smallest absolute Gasteiger partial charge is 0.243 e. The largest absolute Gasteiger partial charge is 0.354 e. The van der Waals surface area contributed by atoms with E-state index >= 15 is 0 Å². The lowest BCUT2D eigenvalue weighted by Gasteiger charge is -2.34. The Morgan fingerprint density at radius 2 is 1.48 bits per heavy atom. The summed E-state index contributed by atoms with van der Waals surface area (Å²) in [5.41, 5.74) is 0.918. The topological polar surface area (TPSA) is 101 Å². The lowest BCUT2D eigenvalue weighted by Crippen LogP contribution is -2.48. The number of nitrogens with zero attached hydrogens (tertiary/aromatic N) is 5. The van der Waals surface area contributed by atoms with E-state index in [1.807, 2.05) is 17.0 Å². The number of anilines is 1. The van der Waals surface area contributed by atoms with Crippen molar-refractivity contribution in [3.05, 3.63) is 53.7 Å². The fraction of sp³-hybridized carbons (Fsp3) is 0.235. The SMILES string of the molecule is N#Cc1ccc(S(=O)(=O)N2CCN(c3ccc(C#N)cn3)CC2)cc1. The van der Waals surface area contributed by atoms with Gasteiger partial charge in [-0.15, -0.1) is 0 Å². The van der Waals surface area contributed by atoms with Crippen LogP contribution in [0.1, 0.15) is 11.1 Å². The summed E-state index contributed by atoms with van der Waals surface area (Å²) in [5.74, 6) is 0.731. The van der Waals surface area contributed by atoms with Crippen molar-refractivity contribution in [1.82, 2.24) is 9.29 Å². The number of nitriles is 2. The van der Waals surface area contributed by atoms with Gasteiger partial charge in [0.1, 0.15) is 11.9 Å². The molecule has 1 aliphatic heterocycles. The standard InChI is InChI=1S/C17H15N5O2S/c18-11-14-1-4-16(5-2-14)25(23,24)22-9-7-21(8-10-22)17-6-3-15(12-19)13-20-17/h1-6,13H,7-10H2. The minimum Gasteiger partial charge on any atom is -0.354 e. The van der Waals surface area contributed by atoms with E-state index < -0.39 is 10.0 Å². The molecule has 25 heavy (non-hydrogen) atoms. The first-order valence-electron chi connectivity index (χ1n) is 7.66. The number of pyridine rings is 1. The fourth-order valence-corrected chi connectivity index (χ4v) is 4.07. The average Bonchev–Trinajstić information content (AvgIpc) is 2.68. The molecule has 0 bridgehead atoms. The molecule has 0 aliphatic carbocycles. The normalized spacial score (nSPS) is 15.4. The predicted octanol–water partition coefficient (Wildman–Crippen LogP) is 1.34. The van der Waals surface area contributed by atoms with Crippen LogP contribution in [0.3, 0.4) is 0 Å². The number of aromatic nitrogens is 1. The first kappa shape index (κ1) is 16.9. The second-order valence-electron chi connectivity index (χ2n) is 5.54. The maximum Gasteiger partial charge on any atom is 0.243 e. The van der Waals surface area contributed by atoms with Crippen LogP contribution < -0.4 is 4.90 Å². The van der Waals surface area contributed by atoms with Gasteiger partial charge < -0.3 is 4.90 Å². The van der Waals surface area contributed by atoms with Crippen LogP contribution in [0, 0.1) is 22.7 Å². The molecule has 0 amide bonds. The first-order chi connectivity index (χ1) is 12.0. The van der Waals surface area contributed by atoms with Crippen molar-refractivity contribution in [2.45, 2.75) is 4.90 Å². The molecule has 0 spiro atoms. The van der Waals surface area contributed by atoms with E-state index in [1.54, 1.807) is 12.1 Å². The number of benzene rings is 1. The highest BCUT2D eigenvalue weighted by molar-refractivity contribution is 7.89. The van der Waals surface area contributed by atoms with Gasteiger partial charge in [0.2, 0.25) is 10.0 Å². The van der Waals surface area contributed by atoms with E-state index in [0.717, 1.165) is 5.82 Å². The van der Waals surface area contributed by atoms with Crippen LogP contribution in [0.15, 0.2) is 47.5 Å². The molecule has 7 nitrogen and oxygen atoms in total. The Balaban J connectivity index is 1.70. The summed E-state index contributed by atoms with van der Waals surface area (Å²) in [6, 6.07) is 13.4. The summed E-state index contributed by atoms with van der Waals surface area (Å²) >= 11 is 0. The highest BCUT2D eigenvalue weighted by Crippen LogP contribution is 2.20. The van der Waals surface area contributed by atoms with Gasteiger partial charge in [-0.05, 0) is 36.4 Å². The lowest BCUT2D eigenvalue weighted by molar-refractivity contribution is 0.384. The number of sulfonamides is 1. The van der Waals surface area contributed by atoms with Crippen LogP contribution in [-0.2, 0) is 10.0 Å². The van der Waals surface area contributed by atoms with E-state index in [9.17, 15) is 8.42 Å². The van der Waals surface area contributed by atoms with Gasteiger partial charge in [-0.1, -0.05) is 0 Å². The van der Waals surface area contributed by atoms with E-state index in [1.165, 1.54) is 34.8 Å². The summed E-state index contributed by atoms with van der Waals surface area (Å²) in [7, 11) is -3.57. The zero-order valence-electron chi connectivity index (χ0n) is 13.3. The zero-order valence-corrected chi connectivity index (χ0v) is 14.1. The van der Waals surface area contributed by atoms with E-state index in [-0.39, 0.29) is 4.90 Å². The molecule has 0 N–H and O–H groups in total. The molecule has 2 heterocycles. The number of piperazine rings is 1. The van der Waals surface area contributed by atoms with Crippen LogP contribution in [0.2, 0.25) is 0 Å². The van der Waals surface area contributed by atoms with Crippen LogP contribution in [0.5, 0.6) is 0 Å². The van der Waals surface area contributed by atoms with Gasteiger partial charge in [0.05, 0.1) is 22.1 Å². The average molecular weight is 353 g/mol. The van der Waals surface area contributed by atoms with E-state index in [0.29, 0.717) is 37.3 Å². The highest BCUT2D eigenvalue weighted by atomic mass is 32.2. The number of rotatable bonds is 3. The molecule has 1 fully saturated rings. The Bertz CT molecular complexity index is 933. The Kier molecular flexibility index (Phi) is 4.66. The summed E-state index contributed by atoms with van der Waals surface area (Å²) < 4.78 is 26.8. The minimum atomic E-state index is -3.57. The fourth-order valence-electron chi connectivity index (χ4n) is 2.65. The number of hydrogen-bond acceptors (Lipinski definition) is 6. The van der Waals surface area contributed by atoms with Crippen LogP contribution in [-0.4, -0.2) is 43.9 Å². The van der Waals surface area contributed by atoms with Crippen molar-refractivity contribution in [3.8, 4) is 12.1 Å². The Morgan fingerprint density at radius 3 is 2.00 bits per heavy atom. The van der Waals surface area contributed by atoms with Gasteiger partial charge in [0.25, 0.3) is 0 Å². The third-order valence-electron chi connectivity index (χ3n) is 4.06. The van der Waals surface area contributed by atoms with Gasteiger partial charge in [-0.2, -0.15) is 14.8 Å². The Hall–Kier alpha value is -2.94. The summed E-state index contributed by atoms with van der Waals surface area (Å²) in [6.45, 7) is 1.75. The van der Waals surface area contributed by atoms with Crippen LogP contribution in [0.4, 0.5) is 5.82 Å². The van der Waals surface area contributed by atoms with Crippen LogP contribution >= 0.6 is 0 Å². The van der Waals surface area contributed by atoms with Gasteiger partial charge in [-0.25, -0.2) is 13.4 Å². The first-order valence-corrected chi connectivity index (χ1v) is 9.10. The van der Waals surface area contributed by atoms with Crippen molar-refractivity contribution in [1.29, 1.82) is 10.5 Å². The maximum absolute atomic E-state index is 12.7. The Morgan fingerprint density at radius 1 is 0.880 bits per heavy atom. The maximum atomic E-state index is 12.7. The van der Waals surface area contributed by atoms with Gasteiger partial charge in [0.15, 0.2) is 0 Å². The van der Waals surface area contributed by atoms with Crippen molar-refractivity contribution >= 4 is 15.8 Å². The minimum absolute atomic E-state index is 0.191. The third kappa shape index (κ3) is 3.45. The number of hydrogen-bond donors (Lipinski definition) is 0. The monoisotopic (exact) mass is 353 g/mol. The lowest BCUT2D eigenvalue weighted by atomic mass is 10.2. The summed E-state index contributed by atoms with van der Waals surface area (Å²) in [4.78, 5) is 6.43. The molecule has 1 aromatic heterocycles. The molecule has 1 aliphatic rings. The molecular weight excluding hydrogens is 338 g/mol. The van der Waals surface area contributed by atoms with E-state index in [2.05, 4.69) is 4.98 Å². The highest BCUT2D eigenvalue weighted by Gasteiger charge is 2.28. The molecular formula is C17H15N5O2S. The predicted molar refractivity (Wildman–Crippen MR) is 91.1 cm³/mol. The summed E-state index contributed by atoms with van der Waals surface area (Å²) in [5, 5.41) is 17.6. The van der Waals surface area contributed by atoms with Crippen molar-refractivity contribution < 1.29 is 8.42 Å². The van der Waals surface area contributed by atoms with Gasteiger partial charge in [-0.3, -0.25) is 0 Å². The Labute approximate surface area is 146 Å². The molecule has 0 unspecified atom stereocenters. The van der Waals surface area contributed by atoms with Crippen LogP contribution in [0.25, 0.3) is 0 Å². The van der Waals surface area contributed by atoms with Crippen molar-refractivity contribution in [3.63, 3.8) is 0 Å². The molecule has 0 atom stereocenters. The molecule has 1 saturated heterocycles. The molecule has 0 saturated carbocycles. The second kappa shape index (κ2) is 6.89. The summed E-state index contributed by atoms with van der Waals surface area (Å²) in [6.07, 6.45) is 1.51. The molecule has 1 aromatic carbocycles. The third-order valence-corrected chi connectivity index (χ3v) is 5.97. The van der Waals surface area contributed by atoms with E-state index in [4.69, 9.17) is 10.5 Å². The van der Waals surface area contributed by atoms with Crippen molar-refractivity contribution in [2.75, 3.05) is 31.1 Å². The molecule has 3 rings (SSSR count). The van der Waals surface area contributed by atoms with Gasteiger partial charge in [0, 0.05) is 32.4 Å². The molecule has 126 valence electrons. The van der Waals surface area contributed by atoms with Crippen molar-refractivity contribution in [2.24, 2.45) is 0 Å². The molecule has 2 aromatic rings. The molecule has 0 radical (unpaired) electrons. The van der Waals surface area contributed by atoms with Gasteiger partial charge >= 0.3 is 0 Å². The second-order valence-corrected chi connectivity index (χ2v) is 7.48.